The van der Waals surface area contributed by atoms with E-state index in [-0.39, 0.29) is 12.1 Å². The van der Waals surface area contributed by atoms with Gasteiger partial charge in [-0.25, -0.2) is 4.79 Å². The average Bonchev–Trinajstić information content (AvgIpc) is 2.84. The van der Waals surface area contributed by atoms with Crippen LogP contribution in [-0.2, 0) is 16.0 Å². The molecule has 1 fully saturated rings. The summed E-state index contributed by atoms with van der Waals surface area (Å²) in [5.41, 5.74) is 7.72. The summed E-state index contributed by atoms with van der Waals surface area (Å²) in [5, 5.41) is 0. The Balaban J connectivity index is 2.20. The van der Waals surface area contributed by atoms with Crippen LogP contribution in [0, 0.1) is 0 Å². The summed E-state index contributed by atoms with van der Waals surface area (Å²) in [6, 6.07) is 5.86. The van der Waals surface area contributed by atoms with E-state index in [1.54, 1.807) is 6.07 Å². The molecule has 1 aromatic rings. The predicted octanol–water partition coefficient (Wildman–Crippen LogP) is 1.66. The van der Waals surface area contributed by atoms with Crippen molar-refractivity contribution in [3.63, 3.8) is 0 Å². The van der Waals surface area contributed by atoms with Crippen molar-refractivity contribution in [1.82, 2.24) is 4.90 Å². The van der Waals surface area contributed by atoms with Gasteiger partial charge in [0.2, 0.25) is 0 Å². The van der Waals surface area contributed by atoms with Crippen LogP contribution in [0.15, 0.2) is 18.2 Å². The first-order valence-corrected chi connectivity index (χ1v) is 6.82. The molecule has 2 N–H and O–H groups in total. The third-order valence-corrected chi connectivity index (χ3v) is 3.89. The van der Waals surface area contributed by atoms with Crippen LogP contribution < -0.4 is 5.73 Å². The van der Waals surface area contributed by atoms with Gasteiger partial charge < -0.3 is 15.2 Å². The first-order chi connectivity index (χ1) is 9.54. The standard InChI is InChI=1S/C15H22N2O3/c1-10-13(7-8-20-10)17(2)9-11-5-4-6-12(16)14(11)15(18)19-3/h4-6,10,13H,7-9,16H2,1-3H3. The maximum absolute atomic E-state index is 11.9. The zero-order chi connectivity index (χ0) is 14.7. The molecule has 2 rings (SSSR count). The Morgan fingerprint density at radius 2 is 2.30 bits per heavy atom. The van der Waals surface area contributed by atoms with Crippen molar-refractivity contribution in [2.24, 2.45) is 0 Å². The third-order valence-electron chi connectivity index (χ3n) is 3.89. The van der Waals surface area contributed by atoms with E-state index in [0.717, 1.165) is 18.6 Å². The van der Waals surface area contributed by atoms with E-state index < -0.39 is 0 Å². The lowest BCUT2D eigenvalue weighted by atomic mass is 10.0. The number of hydrogen-bond donors (Lipinski definition) is 1. The van der Waals surface area contributed by atoms with Crippen LogP contribution in [-0.4, -0.2) is 43.8 Å². The van der Waals surface area contributed by atoms with E-state index in [2.05, 4.69) is 11.8 Å². The highest BCUT2D eigenvalue weighted by molar-refractivity contribution is 5.96. The number of esters is 1. The molecule has 1 saturated heterocycles. The first kappa shape index (κ1) is 14.8. The first-order valence-electron chi connectivity index (χ1n) is 6.82. The van der Waals surface area contributed by atoms with Gasteiger partial charge in [-0.2, -0.15) is 0 Å². The number of benzene rings is 1. The van der Waals surface area contributed by atoms with Crippen LogP contribution in [0.5, 0.6) is 0 Å². The molecule has 110 valence electrons. The summed E-state index contributed by atoms with van der Waals surface area (Å²) >= 11 is 0. The number of nitrogens with zero attached hydrogens (tertiary/aromatic N) is 1. The van der Waals surface area contributed by atoms with Crippen molar-refractivity contribution in [3.05, 3.63) is 29.3 Å². The van der Waals surface area contributed by atoms with E-state index in [1.165, 1.54) is 7.11 Å². The van der Waals surface area contributed by atoms with E-state index in [4.69, 9.17) is 15.2 Å². The lowest BCUT2D eigenvalue weighted by Crippen LogP contribution is -2.36. The fourth-order valence-electron chi connectivity index (χ4n) is 2.79. The minimum atomic E-state index is -0.387. The molecule has 0 radical (unpaired) electrons. The highest BCUT2D eigenvalue weighted by Crippen LogP contribution is 2.24. The molecule has 2 atom stereocenters. The van der Waals surface area contributed by atoms with Crippen molar-refractivity contribution in [3.8, 4) is 0 Å². The molecule has 1 aromatic carbocycles. The predicted molar refractivity (Wildman–Crippen MR) is 77.5 cm³/mol. The van der Waals surface area contributed by atoms with Gasteiger partial charge in [-0.05, 0) is 32.0 Å². The van der Waals surface area contributed by atoms with Crippen molar-refractivity contribution in [2.45, 2.75) is 32.0 Å². The van der Waals surface area contributed by atoms with Crippen LogP contribution in [0.3, 0.4) is 0 Å². The fraction of sp³-hybridized carbons (Fsp3) is 0.533. The van der Waals surface area contributed by atoms with Crippen LogP contribution in [0.4, 0.5) is 5.69 Å². The van der Waals surface area contributed by atoms with Crippen LogP contribution in [0.1, 0.15) is 29.3 Å². The van der Waals surface area contributed by atoms with E-state index in [1.807, 2.05) is 19.2 Å². The summed E-state index contributed by atoms with van der Waals surface area (Å²) in [6.07, 6.45) is 1.22. The van der Waals surface area contributed by atoms with Crippen molar-refractivity contribution in [1.29, 1.82) is 0 Å². The van der Waals surface area contributed by atoms with Gasteiger partial charge in [-0.3, -0.25) is 4.90 Å². The normalized spacial score (nSPS) is 22.2. The monoisotopic (exact) mass is 278 g/mol. The maximum Gasteiger partial charge on any atom is 0.340 e. The second kappa shape index (κ2) is 6.24. The molecule has 0 aliphatic carbocycles. The minimum absolute atomic E-state index is 0.211. The number of rotatable bonds is 4. The number of likely N-dealkylation sites (N-methyl/N-ethyl adjacent to an activating group) is 1. The lowest BCUT2D eigenvalue weighted by Gasteiger charge is -2.27. The van der Waals surface area contributed by atoms with Gasteiger partial charge in [-0.1, -0.05) is 12.1 Å². The van der Waals surface area contributed by atoms with Crippen LogP contribution in [0.25, 0.3) is 0 Å². The average molecular weight is 278 g/mol. The number of nitrogens with two attached hydrogens (primary N) is 1. The summed E-state index contributed by atoms with van der Waals surface area (Å²) < 4.78 is 10.4. The Morgan fingerprint density at radius 1 is 1.55 bits per heavy atom. The Hall–Kier alpha value is -1.59. The summed E-state index contributed by atoms with van der Waals surface area (Å²) in [4.78, 5) is 14.1. The Labute approximate surface area is 119 Å². The van der Waals surface area contributed by atoms with Gasteiger partial charge in [0, 0.05) is 24.9 Å². The zero-order valence-corrected chi connectivity index (χ0v) is 12.3. The van der Waals surface area contributed by atoms with E-state index in [9.17, 15) is 4.79 Å². The lowest BCUT2D eigenvalue weighted by molar-refractivity contribution is 0.0597. The van der Waals surface area contributed by atoms with Crippen molar-refractivity contribution >= 4 is 11.7 Å². The number of carbonyl (C=O) groups is 1. The molecule has 1 aliphatic rings. The molecule has 0 aromatic heterocycles. The molecule has 1 heterocycles. The van der Waals surface area contributed by atoms with Gasteiger partial charge in [0.15, 0.2) is 0 Å². The summed E-state index contributed by atoms with van der Waals surface area (Å²) in [6.45, 7) is 3.51. The molecule has 5 heteroatoms. The van der Waals surface area contributed by atoms with E-state index >= 15 is 0 Å². The van der Waals surface area contributed by atoms with Gasteiger partial charge in [-0.15, -0.1) is 0 Å². The summed E-state index contributed by atoms with van der Waals surface area (Å²) in [5.74, 6) is -0.387. The highest BCUT2D eigenvalue weighted by Gasteiger charge is 2.28. The zero-order valence-electron chi connectivity index (χ0n) is 12.3. The topological polar surface area (TPSA) is 64.8 Å². The smallest absolute Gasteiger partial charge is 0.340 e. The van der Waals surface area contributed by atoms with E-state index in [0.29, 0.717) is 23.8 Å². The quantitative estimate of drug-likeness (QED) is 0.670. The Bertz CT molecular complexity index is 490. The molecule has 0 bridgehead atoms. The molecule has 5 nitrogen and oxygen atoms in total. The summed E-state index contributed by atoms with van der Waals surface area (Å²) in [7, 11) is 3.41. The highest BCUT2D eigenvalue weighted by atomic mass is 16.5. The number of methoxy groups -OCH3 is 1. The largest absolute Gasteiger partial charge is 0.465 e. The maximum atomic E-state index is 11.9. The number of nitrogen functional groups attached to an aromatic ring is 1. The van der Waals surface area contributed by atoms with Crippen LogP contribution in [0.2, 0.25) is 0 Å². The number of ether oxygens (including phenoxy) is 2. The SMILES string of the molecule is COC(=O)c1c(N)cccc1CN(C)C1CCOC1C. The van der Waals surface area contributed by atoms with Crippen LogP contribution >= 0.6 is 0 Å². The molecular formula is C15H22N2O3. The molecule has 2 unspecified atom stereocenters. The Kier molecular flexibility index (Phi) is 4.62. The second-order valence-electron chi connectivity index (χ2n) is 5.22. The fourth-order valence-corrected chi connectivity index (χ4v) is 2.79. The van der Waals surface area contributed by atoms with Gasteiger partial charge >= 0.3 is 5.97 Å². The van der Waals surface area contributed by atoms with Gasteiger partial charge in [0.05, 0.1) is 18.8 Å². The number of hydrogen-bond acceptors (Lipinski definition) is 5. The number of carbonyl (C=O) groups excluding carboxylic acids is 1. The molecule has 20 heavy (non-hydrogen) atoms. The minimum Gasteiger partial charge on any atom is -0.465 e. The van der Waals surface area contributed by atoms with Crippen molar-refractivity contribution in [2.75, 3.05) is 26.5 Å². The van der Waals surface area contributed by atoms with Gasteiger partial charge in [0.25, 0.3) is 0 Å². The van der Waals surface area contributed by atoms with Crippen molar-refractivity contribution < 1.29 is 14.3 Å². The molecule has 0 amide bonds. The molecule has 1 aliphatic heterocycles. The number of anilines is 1. The third kappa shape index (κ3) is 2.94. The molecular weight excluding hydrogens is 256 g/mol. The van der Waals surface area contributed by atoms with Gasteiger partial charge in [0.1, 0.15) is 0 Å². The molecule has 0 saturated carbocycles. The molecule has 0 spiro atoms. The second-order valence-corrected chi connectivity index (χ2v) is 5.22. The Morgan fingerprint density at radius 3 is 2.90 bits per heavy atom.